The van der Waals surface area contributed by atoms with E-state index in [1.807, 2.05) is 39.0 Å². The Kier molecular flexibility index (Phi) is 3.92. The Morgan fingerprint density at radius 2 is 2.11 bits per heavy atom. The van der Waals surface area contributed by atoms with Crippen LogP contribution in [0.5, 0.6) is 0 Å². The number of rotatable bonds is 3. The van der Waals surface area contributed by atoms with Gasteiger partial charge in [-0.15, -0.1) is 11.3 Å². The monoisotopic (exact) mass is 281 g/mol. The molecule has 5 heteroatoms. The molecule has 0 aliphatic carbocycles. The average Bonchev–Trinajstić information content (AvgIpc) is 2.84. The number of nitrogens with zero attached hydrogens (tertiary/aromatic N) is 1. The van der Waals surface area contributed by atoms with Crippen molar-refractivity contribution in [2.75, 3.05) is 0 Å². The van der Waals surface area contributed by atoms with E-state index in [0.717, 1.165) is 23.1 Å². The molecule has 2 rings (SSSR count). The van der Waals surface area contributed by atoms with E-state index in [4.69, 9.17) is 0 Å². The van der Waals surface area contributed by atoms with E-state index in [1.54, 1.807) is 11.3 Å². The first-order valence-electron chi connectivity index (χ1n) is 5.86. The van der Waals surface area contributed by atoms with Gasteiger partial charge in [0, 0.05) is 15.8 Å². The SMILES string of the molecule is CCC(C)N1C(=O)S/C(=C/c2ccc(C)s2)C1=O. The Morgan fingerprint density at radius 3 is 2.67 bits per heavy atom. The summed E-state index contributed by atoms with van der Waals surface area (Å²) in [6, 6.07) is 3.94. The van der Waals surface area contributed by atoms with E-state index >= 15 is 0 Å². The van der Waals surface area contributed by atoms with Gasteiger partial charge in [-0.25, -0.2) is 0 Å². The van der Waals surface area contributed by atoms with E-state index in [2.05, 4.69) is 0 Å². The third kappa shape index (κ3) is 2.52. The smallest absolute Gasteiger partial charge is 0.268 e. The van der Waals surface area contributed by atoms with Crippen molar-refractivity contribution >= 4 is 40.3 Å². The molecular weight excluding hydrogens is 266 g/mol. The van der Waals surface area contributed by atoms with Crippen molar-refractivity contribution in [3.05, 3.63) is 26.8 Å². The minimum Gasteiger partial charge on any atom is -0.268 e. The molecule has 1 unspecified atom stereocenters. The van der Waals surface area contributed by atoms with Crippen LogP contribution in [0.1, 0.15) is 30.0 Å². The van der Waals surface area contributed by atoms with Crippen molar-refractivity contribution in [2.24, 2.45) is 0 Å². The molecular formula is C13H15NO2S2. The molecule has 2 amide bonds. The Hall–Kier alpha value is -1.07. The Bertz CT molecular complexity index is 519. The van der Waals surface area contributed by atoms with E-state index in [9.17, 15) is 9.59 Å². The number of hydrogen-bond acceptors (Lipinski definition) is 4. The topological polar surface area (TPSA) is 37.4 Å². The van der Waals surface area contributed by atoms with Crippen molar-refractivity contribution in [1.29, 1.82) is 0 Å². The molecule has 1 aliphatic heterocycles. The first kappa shape index (κ1) is 13.4. The zero-order valence-electron chi connectivity index (χ0n) is 10.6. The van der Waals surface area contributed by atoms with Gasteiger partial charge >= 0.3 is 0 Å². The van der Waals surface area contributed by atoms with Gasteiger partial charge in [-0.1, -0.05) is 6.92 Å². The fourth-order valence-electron chi connectivity index (χ4n) is 1.70. The third-order valence-electron chi connectivity index (χ3n) is 2.89. The molecule has 0 N–H and O–H groups in total. The van der Waals surface area contributed by atoms with Gasteiger partial charge in [0.1, 0.15) is 0 Å². The minimum absolute atomic E-state index is 0.0338. The predicted molar refractivity (Wildman–Crippen MR) is 76.6 cm³/mol. The summed E-state index contributed by atoms with van der Waals surface area (Å²) in [4.78, 5) is 28.1. The lowest BCUT2D eigenvalue weighted by molar-refractivity contribution is -0.124. The van der Waals surface area contributed by atoms with Gasteiger partial charge in [-0.2, -0.15) is 0 Å². The number of hydrogen-bond donors (Lipinski definition) is 0. The standard InChI is InChI=1S/C13H15NO2S2/c1-4-8(2)14-12(15)11(18-13(14)16)7-10-6-5-9(3)17-10/h5-8H,4H2,1-3H3/b11-7+. The maximum Gasteiger partial charge on any atom is 0.293 e. The van der Waals surface area contributed by atoms with Crippen molar-refractivity contribution < 1.29 is 9.59 Å². The second-order valence-corrected chi connectivity index (χ2v) is 6.57. The van der Waals surface area contributed by atoms with E-state index in [0.29, 0.717) is 4.91 Å². The molecule has 1 aromatic heterocycles. The maximum absolute atomic E-state index is 12.1. The van der Waals surface area contributed by atoms with Gasteiger partial charge < -0.3 is 0 Å². The Labute approximate surface area is 115 Å². The summed E-state index contributed by atoms with van der Waals surface area (Å²) in [6.07, 6.45) is 2.59. The highest BCUT2D eigenvalue weighted by Crippen LogP contribution is 2.34. The second-order valence-electron chi connectivity index (χ2n) is 4.26. The summed E-state index contributed by atoms with van der Waals surface area (Å²) >= 11 is 2.66. The molecule has 0 radical (unpaired) electrons. The molecule has 0 aromatic carbocycles. The van der Waals surface area contributed by atoms with E-state index in [1.165, 1.54) is 9.78 Å². The van der Waals surface area contributed by atoms with E-state index < -0.39 is 0 Å². The number of carbonyl (C=O) groups excluding carboxylic acids is 2. The maximum atomic E-state index is 12.1. The fraction of sp³-hybridized carbons (Fsp3) is 0.385. The molecule has 2 heterocycles. The highest BCUT2D eigenvalue weighted by Gasteiger charge is 2.37. The summed E-state index contributed by atoms with van der Waals surface area (Å²) in [7, 11) is 0. The van der Waals surface area contributed by atoms with Crippen LogP contribution in [-0.2, 0) is 4.79 Å². The minimum atomic E-state index is -0.162. The van der Waals surface area contributed by atoms with Crippen molar-refractivity contribution in [1.82, 2.24) is 4.90 Å². The predicted octanol–water partition coefficient (Wildman–Crippen LogP) is 3.89. The van der Waals surface area contributed by atoms with Crippen LogP contribution >= 0.6 is 23.1 Å². The van der Waals surface area contributed by atoms with Gasteiger partial charge in [-0.3, -0.25) is 14.5 Å². The van der Waals surface area contributed by atoms with Crippen molar-refractivity contribution in [2.45, 2.75) is 33.2 Å². The number of imide groups is 1. The Balaban J connectivity index is 2.25. The van der Waals surface area contributed by atoms with Crippen LogP contribution in [0, 0.1) is 6.92 Å². The largest absolute Gasteiger partial charge is 0.293 e. The summed E-state index contributed by atoms with van der Waals surface area (Å²) < 4.78 is 0. The van der Waals surface area contributed by atoms with Crippen LogP contribution in [0.15, 0.2) is 17.0 Å². The zero-order valence-corrected chi connectivity index (χ0v) is 12.2. The van der Waals surface area contributed by atoms with Crippen molar-refractivity contribution in [3.63, 3.8) is 0 Å². The quantitative estimate of drug-likeness (QED) is 0.789. The summed E-state index contributed by atoms with van der Waals surface area (Å²) in [5, 5.41) is -0.158. The number of amides is 2. The molecule has 3 nitrogen and oxygen atoms in total. The van der Waals surface area contributed by atoms with Gasteiger partial charge in [0.05, 0.1) is 4.91 Å². The first-order valence-corrected chi connectivity index (χ1v) is 7.49. The molecule has 0 spiro atoms. The average molecular weight is 281 g/mol. The number of thioether (sulfide) groups is 1. The van der Waals surface area contributed by atoms with Crippen molar-refractivity contribution in [3.8, 4) is 0 Å². The first-order chi connectivity index (χ1) is 8.52. The number of thiophene rings is 1. The number of carbonyl (C=O) groups is 2. The lowest BCUT2D eigenvalue weighted by atomic mass is 10.2. The summed E-state index contributed by atoms with van der Waals surface area (Å²) in [6.45, 7) is 5.89. The molecule has 96 valence electrons. The van der Waals surface area contributed by atoms with Crippen LogP contribution in [0.4, 0.5) is 4.79 Å². The molecule has 1 fully saturated rings. The molecule has 0 bridgehead atoms. The van der Waals surface area contributed by atoms with Crippen LogP contribution in [-0.4, -0.2) is 22.1 Å². The molecule has 1 atom stereocenters. The second kappa shape index (κ2) is 5.28. The van der Waals surface area contributed by atoms with Crippen LogP contribution in [0.25, 0.3) is 6.08 Å². The van der Waals surface area contributed by atoms with Gasteiger partial charge in [0.25, 0.3) is 11.1 Å². The summed E-state index contributed by atoms with van der Waals surface area (Å²) in [5.74, 6) is -0.162. The normalized spacial score (nSPS) is 19.9. The lowest BCUT2D eigenvalue weighted by Crippen LogP contribution is -2.36. The van der Waals surface area contributed by atoms with Crippen LogP contribution in [0.2, 0.25) is 0 Å². The molecule has 1 aromatic rings. The molecule has 0 saturated carbocycles. The van der Waals surface area contributed by atoms with Crippen LogP contribution in [0.3, 0.4) is 0 Å². The van der Waals surface area contributed by atoms with Gasteiger partial charge in [0.15, 0.2) is 0 Å². The lowest BCUT2D eigenvalue weighted by Gasteiger charge is -2.19. The summed E-state index contributed by atoms with van der Waals surface area (Å²) in [5.41, 5.74) is 0. The number of aryl methyl sites for hydroxylation is 1. The highest BCUT2D eigenvalue weighted by atomic mass is 32.2. The van der Waals surface area contributed by atoms with E-state index in [-0.39, 0.29) is 17.2 Å². The molecule has 18 heavy (non-hydrogen) atoms. The van der Waals surface area contributed by atoms with Gasteiger partial charge in [0.2, 0.25) is 0 Å². The third-order valence-corrected chi connectivity index (χ3v) is 4.72. The Morgan fingerprint density at radius 1 is 1.39 bits per heavy atom. The molecule has 1 saturated heterocycles. The highest BCUT2D eigenvalue weighted by molar-refractivity contribution is 8.18. The van der Waals surface area contributed by atoms with Crippen LogP contribution < -0.4 is 0 Å². The zero-order chi connectivity index (χ0) is 13.3. The van der Waals surface area contributed by atoms with Gasteiger partial charge in [-0.05, 0) is 50.2 Å². The fourth-order valence-corrected chi connectivity index (χ4v) is 3.52. The molecule has 1 aliphatic rings.